The summed E-state index contributed by atoms with van der Waals surface area (Å²) >= 11 is 0. The monoisotopic (exact) mass is 235 g/mol. The second kappa shape index (κ2) is 8.60. The Bertz CT molecular complexity index is 200. The number of hydrogen-bond acceptors (Lipinski definition) is 6. The highest BCUT2D eigenvalue weighted by atomic mass is 16.4. The van der Waals surface area contributed by atoms with Gasteiger partial charge in [0.1, 0.15) is 18.3 Å². The number of carbonyl (C=O) groups is 1. The summed E-state index contributed by atoms with van der Waals surface area (Å²) in [5, 5.41) is 39.0. The Balaban J connectivity index is 3.88. The molecule has 0 aliphatic heterocycles. The van der Waals surface area contributed by atoms with Gasteiger partial charge in [-0.1, -0.05) is 13.3 Å². The molecule has 0 aromatic rings. The van der Waals surface area contributed by atoms with E-state index < -0.39 is 30.7 Å². The van der Waals surface area contributed by atoms with Gasteiger partial charge in [-0.25, -0.2) is 0 Å². The molecule has 6 nitrogen and oxygen atoms in total. The first-order chi connectivity index (χ1) is 7.54. The maximum Gasteiger partial charge on any atom is 0.177 e. The summed E-state index contributed by atoms with van der Waals surface area (Å²) < 4.78 is 0. The van der Waals surface area contributed by atoms with Gasteiger partial charge in [0.25, 0.3) is 0 Å². The van der Waals surface area contributed by atoms with Gasteiger partial charge in [0.05, 0.1) is 13.2 Å². The van der Waals surface area contributed by atoms with Gasteiger partial charge >= 0.3 is 0 Å². The van der Waals surface area contributed by atoms with E-state index in [1.807, 2.05) is 6.92 Å². The van der Waals surface area contributed by atoms with Crippen LogP contribution in [0.3, 0.4) is 0 Å². The Morgan fingerprint density at radius 3 is 2.44 bits per heavy atom. The molecule has 0 bridgehead atoms. The van der Waals surface area contributed by atoms with Crippen molar-refractivity contribution in [2.75, 3.05) is 19.7 Å². The van der Waals surface area contributed by atoms with Gasteiger partial charge in [0.2, 0.25) is 0 Å². The van der Waals surface area contributed by atoms with Crippen molar-refractivity contribution in [3.63, 3.8) is 0 Å². The van der Waals surface area contributed by atoms with E-state index in [9.17, 15) is 15.0 Å². The second-order valence-electron chi connectivity index (χ2n) is 3.68. The summed E-state index contributed by atoms with van der Waals surface area (Å²) in [5.74, 6) is -0.601. The molecule has 96 valence electrons. The summed E-state index contributed by atoms with van der Waals surface area (Å²) in [7, 11) is 0. The van der Waals surface area contributed by atoms with E-state index in [0.29, 0.717) is 6.54 Å². The smallest absolute Gasteiger partial charge is 0.177 e. The van der Waals surface area contributed by atoms with Crippen molar-refractivity contribution in [2.45, 2.75) is 38.1 Å². The molecule has 6 heteroatoms. The molecule has 16 heavy (non-hydrogen) atoms. The number of aliphatic hydroxyl groups is 4. The fourth-order valence-corrected chi connectivity index (χ4v) is 1.13. The van der Waals surface area contributed by atoms with Crippen LogP contribution in [0.25, 0.3) is 0 Å². The lowest BCUT2D eigenvalue weighted by molar-refractivity contribution is -0.139. The summed E-state index contributed by atoms with van der Waals surface area (Å²) in [5.41, 5.74) is 0. The number of aliphatic hydroxyl groups excluding tert-OH is 4. The molecule has 3 unspecified atom stereocenters. The van der Waals surface area contributed by atoms with Gasteiger partial charge in [0.15, 0.2) is 5.78 Å². The zero-order valence-electron chi connectivity index (χ0n) is 9.46. The Hall–Kier alpha value is -0.530. The topological polar surface area (TPSA) is 110 Å². The van der Waals surface area contributed by atoms with Gasteiger partial charge in [0, 0.05) is 0 Å². The first kappa shape index (κ1) is 15.5. The van der Waals surface area contributed by atoms with E-state index in [0.717, 1.165) is 12.8 Å². The quantitative estimate of drug-likeness (QED) is 0.296. The van der Waals surface area contributed by atoms with Crippen molar-refractivity contribution in [1.29, 1.82) is 0 Å². The fraction of sp³-hybridized carbons (Fsp3) is 0.900. The van der Waals surface area contributed by atoms with Crippen LogP contribution in [0.15, 0.2) is 0 Å². The third kappa shape index (κ3) is 5.53. The number of carbonyl (C=O) groups excluding carboxylic acids is 1. The first-order valence-electron chi connectivity index (χ1n) is 5.43. The highest BCUT2D eigenvalue weighted by Crippen LogP contribution is 2.00. The van der Waals surface area contributed by atoms with Crippen LogP contribution in [0, 0.1) is 0 Å². The first-order valence-corrected chi connectivity index (χ1v) is 5.43. The van der Waals surface area contributed by atoms with E-state index in [2.05, 4.69) is 5.32 Å². The Morgan fingerprint density at radius 1 is 1.31 bits per heavy atom. The number of unbranched alkanes of at least 4 members (excludes halogenated alkanes) is 1. The molecule has 0 spiro atoms. The highest BCUT2D eigenvalue weighted by molar-refractivity contribution is 5.85. The van der Waals surface area contributed by atoms with Crippen molar-refractivity contribution >= 4 is 5.78 Å². The molecular formula is C10H21NO5. The second-order valence-corrected chi connectivity index (χ2v) is 3.68. The third-order valence-electron chi connectivity index (χ3n) is 2.24. The van der Waals surface area contributed by atoms with E-state index in [4.69, 9.17) is 10.2 Å². The molecule has 0 aliphatic carbocycles. The SMILES string of the molecule is CCCCNCC(=O)C(O)C(O)C(O)CO. The minimum absolute atomic E-state index is 0.0592. The Kier molecular flexibility index (Phi) is 8.32. The summed E-state index contributed by atoms with van der Waals surface area (Å²) in [4.78, 5) is 11.3. The lowest BCUT2D eigenvalue weighted by Crippen LogP contribution is -2.46. The summed E-state index contributed by atoms with van der Waals surface area (Å²) in [6.45, 7) is 1.92. The van der Waals surface area contributed by atoms with E-state index in [-0.39, 0.29) is 6.54 Å². The zero-order valence-corrected chi connectivity index (χ0v) is 9.46. The van der Waals surface area contributed by atoms with Gasteiger partial charge < -0.3 is 25.7 Å². The third-order valence-corrected chi connectivity index (χ3v) is 2.24. The van der Waals surface area contributed by atoms with Crippen LogP contribution in [0.4, 0.5) is 0 Å². The number of rotatable bonds is 9. The summed E-state index contributed by atoms with van der Waals surface area (Å²) in [6, 6.07) is 0. The van der Waals surface area contributed by atoms with E-state index >= 15 is 0 Å². The molecule has 0 aromatic heterocycles. The van der Waals surface area contributed by atoms with Crippen LogP contribution < -0.4 is 5.32 Å². The lowest BCUT2D eigenvalue weighted by atomic mass is 10.0. The van der Waals surface area contributed by atoms with Crippen molar-refractivity contribution in [3.8, 4) is 0 Å². The average molecular weight is 235 g/mol. The van der Waals surface area contributed by atoms with Crippen molar-refractivity contribution in [1.82, 2.24) is 5.32 Å². The molecule has 0 radical (unpaired) electrons. The highest BCUT2D eigenvalue weighted by Gasteiger charge is 2.29. The predicted molar refractivity (Wildman–Crippen MR) is 57.9 cm³/mol. The van der Waals surface area contributed by atoms with Crippen LogP contribution in [0.5, 0.6) is 0 Å². The molecule has 0 rings (SSSR count). The minimum atomic E-state index is -1.67. The van der Waals surface area contributed by atoms with Crippen LogP contribution in [-0.4, -0.2) is 64.2 Å². The number of Topliss-reactive ketones (excluding diaryl/α,β-unsaturated/α-hetero) is 1. The lowest BCUT2D eigenvalue weighted by Gasteiger charge is -2.20. The van der Waals surface area contributed by atoms with Crippen molar-refractivity contribution in [2.24, 2.45) is 0 Å². The molecule has 0 heterocycles. The van der Waals surface area contributed by atoms with Crippen LogP contribution in [-0.2, 0) is 4.79 Å². The normalized spacial score (nSPS) is 16.8. The average Bonchev–Trinajstić information content (AvgIpc) is 2.31. The molecular weight excluding hydrogens is 214 g/mol. The van der Waals surface area contributed by atoms with E-state index in [1.165, 1.54) is 0 Å². The number of nitrogens with one attached hydrogen (secondary N) is 1. The predicted octanol–water partition coefficient (Wildman–Crippen LogP) is -1.98. The zero-order chi connectivity index (χ0) is 12.6. The van der Waals surface area contributed by atoms with Crippen molar-refractivity contribution < 1.29 is 25.2 Å². The molecule has 0 aliphatic rings. The van der Waals surface area contributed by atoms with Gasteiger partial charge in [-0.2, -0.15) is 0 Å². The number of ketones is 1. The molecule has 0 amide bonds. The summed E-state index contributed by atoms with van der Waals surface area (Å²) in [6.07, 6.45) is -2.91. The minimum Gasteiger partial charge on any atom is -0.394 e. The molecule has 0 aromatic carbocycles. The molecule has 0 saturated carbocycles. The van der Waals surface area contributed by atoms with E-state index in [1.54, 1.807) is 0 Å². The van der Waals surface area contributed by atoms with Crippen LogP contribution in [0.2, 0.25) is 0 Å². The number of hydrogen-bond donors (Lipinski definition) is 5. The maximum absolute atomic E-state index is 11.3. The maximum atomic E-state index is 11.3. The largest absolute Gasteiger partial charge is 0.394 e. The van der Waals surface area contributed by atoms with Crippen molar-refractivity contribution in [3.05, 3.63) is 0 Å². The molecule has 5 N–H and O–H groups in total. The fourth-order valence-electron chi connectivity index (χ4n) is 1.13. The Morgan fingerprint density at radius 2 is 1.94 bits per heavy atom. The molecule has 0 saturated heterocycles. The van der Waals surface area contributed by atoms with Gasteiger partial charge in [-0.05, 0) is 13.0 Å². The van der Waals surface area contributed by atoms with Crippen LogP contribution >= 0.6 is 0 Å². The van der Waals surface area contributed by atoms with Gasteiger partial charge in [-0.3, -0.25) is 4.79 Å². The molecule has 3 atom stereocenters. The van der Waals surface area contributed by atoms with Crippen LogP contribution in [0.1, 0.15) is 19.8 Å². The Labute approximate surface area is 94.9 Å². The van der Waals surface area contributed by atoms with Gasteiger partial charge in [-0.15, -0.1) is 0 Å². The molecule has 0 fully saturated rings. The standard InChI is InChI=1S/C10H21NO5/c1-2-3-4-11-5-7(13)9(15)10(16)8(14)6-12/h8-12,14-16H,2-6H2,1H3.